The van der Waals surface area contributed by atoms with Gasteiger partial charge in [-0.15, -0.1) is 0 Å². The van der Waals surface area contributed by atoms with Crippen molar-refractivity contribution in [2.24, 2.45) is 4.99 Å². The lowest BCUT2D eigenvalue weighted by atomic mass is 9.95. The molecule has 0 aliphatic carbocycles. The monoisotopic (exact) mass is 660 g/mol. The first kappa shape index (κ1) is 30.4. The number of hydrogen-bond donors (Lipinski definition) is 1. The van der Waals surface area contributed by atoms with Gasteiger partial charge in [-0.25, -0.2) is 4.99 Å². The van der Waals surface area contributed by atoms with Crippen molar-refractivity contribution < 1.29 is 9.53 Å². The summed E-state index contributed by atoms with van der Waals surface area (Å²) in [5.41, 5.74) is 5.48. The Kier molecular flexibility index (Phi) is 7.78. The van der Waals surface area contributed by atoms with E-state index in [0.717, 1.165) is 22.0 Å². The Balaban J connectivity index is 1.25. The van der Waals surface area contributed by atoms with E-state index in [1.54, 1.807) is 11.7 Å². The summed E-state index contributed by atoms with van der Waals surface area (Å²) in [4.78, 5) is 33.7. The number of carbonyl (C=O) groups is 1. The molecule has 1 amide bonds. The molecule has 1 atom stereocenters. The number of nitrogens with zero attached hydrogens (tertiary/aromatic N) is 3. The molecule has 0 radical (unpaired) electrons. The smallest absolute Gasteiger partial charge is 0.271 e. The van der Waals surface area contributed by atoms with E-state index in [9.17, 15) is 9.59 Å². The van der Waals surface area contributed by atoms with E-state index in [-0.39, 0.29) is 11.5 Å². The van der Waals surface area contributed by atoms with Gasteiger partial charge in [0, 0.05) is 34.9 Å². The van der Waals surface area contributed by atoms with E-state index < -0.39 is 6.04 Å². The largest absolute Gasteiger partial charge is 0.497 e. The minimum atomic E-state index is -0.680. The summed E-state index contributed by atoms with van der Waals surface area (Å²) in [6.45, 7) is 2.52. The van der Waals surface area contributed by atoms with Gasteiger partial charge in [0.15, 0.2) is 4.80 Å². The van der Waals surface area contributed by atoms with Gasteiger partial charge in [0.25, 0.3) is 11.5 Å². The number of aromatic nitrogens is 2. The number of hydrogen-bond acceptors (Lipinski definition) is 5. The second-order valence-electron chi connectivity index (χ2n) is 12.0. The number of rotatable bonds is 7. The van der Waals surface area contributed by atoms with Crippen LogP contribution < -0.4 is 24.9 Å². The van der Waals surface area contributed by atoms with Crippen LogP contribution in [0.2, 0.25) is 0 Å². The summed E-state index contributed by atoms with van der Waals surface area (Å²) in [6.07, 6.45) is 4.08. The molecular formula is C41H32N4O3S. The number of amides is 1. The molecule has 7 nitrogen and oxygen atoms in total. The third kappa shape index (κ3) is 5.56. The standard InChI is InChI=1S/C41H32N4O3S/c1-26-37(39(46)43-31-14-4-3-5-15-31)38(28-19-21-32(48-2)22-20-28)45-40(47)36(49-41(45)42-26)23-30-25-44(35-18-9-8-17-34(30)35)24-29-13-10-12-27-11-6-7-16-33(27)29/h3-23,25,38H,24H2,1-2H3,(H,43,46)/b36-23+/t38-/m1/s1. The number of anilines is 1. The molecule has 1 aliphatic heterocycles. The zero-order valence-corrected chi connectivity index (χ0v) is 27.8. The Labute approximate surface area is 286 Å². The van der Waals surface area contributed by atoms with E-state index in [4.69, 9.17) is 9.73 Å². The van der Waals surface area contributed by atoms with Crippen molar-refractivity contribution in [3.63, 3.8) is 0 Å². The first-order valence-corrected chi connectivity index (χ1v) is 16.9. The molecule has 1 aliphatic rings. The Morgan fingerprint density at radius 1 is 0.878 bits per heavy atom. The quantitative estimate of drug-likeness (QED) is 0.199. The summed E-state index contributed by atoms with van der Waals surface area (Å²) >= 11 is 1.34. The fraction of sp³-hybridized carbons (Fsp3) is 0.0976. The minimum absolute atomic E-state index is 0.201. The van der Waals surface area contributed by atoms with Crippen LogP contribution in [0.15, 0.2) is 149 Å². The molecule has 0 fully saturated rings. The average molecular weight is 661 g/mol. The Hall–Kier alpha value is -5.99. The predicted octanol–water partition coefficient (Wildman–Crippen LogP) is 7.04. The van der Waals surface area contributed by atoms with Gasteiger partial charge < -0.3 is 14.6 Å². The molecule has 8 heteroatoms. The van der Waals surface area contributed by atoms with Crippen LogP contribution in [0.4, 0.5) is 5.69 Å². The number of fused-ring (bicyclic) bond motifs is 3. The van der Waals surface area contributed by atoms with Gasteiger partial charge >= 0.3 is 0 Å². The van der Waals surface area contributed by atoms with E-state index in [1.165, 1.54) is 27.7 Å². The Morgan fingerprint density at radius 3 is 2.39 bits per heavy atom. The number of methoxy groups -OCH3 is 1. The highest BCUT2D eigenvalue weighted by Crippen LogP contribution is 2.32. The number of para-hydroxylation sites is 2. The summed E-state index contributed by atoms with van der Waals surface area (Å²) in [5, 5.41) is 6.49. The van der Waals surface area contributed by atoms with E-state index >= 15 is 0 Å². The van der Waals surface area contributed by atoms with Crippen LogP contribution in [0, 0.1) is 0 Å². The van der Waals surface area contributed by atoms with Crippen LogP contribution in [-0.2, 0) is 11.3 Å². The summed E-state index contributed by atoms with van der Waals surface area (Å²) in [7, 11) is 1.61. The first-order chi connectivity index (χ1) is 24.0. The number of ether oxygens (including phenoxy) is 1. The highest BCUT2D eigenvalue weighted by molar-refractivity contribution is 7.07. The summed E-state index contributed by atoms with van der Waals surface area (Å²) < 4.78 is 9.85. The summed E-state index contributed by atoms with van der Waals surface area (Å²) in [5.74, 6) is 0.381. The lowest BCUT2D eigenvalue weighted by Crippen LogP contribution is -2.40. The Bertz CT molecular complexity index is 2590. The molecule has 3 heterocycles. The molecule has 1 N–H and O–H groups in total. The van der Waals surface area contributed by atoms with Crippen LogP contribution in [-0.4, -0.2) is 22.2 Å². The number of carbonyl (C=O) groups excluding carboxylic acids is 1. The maximum Gasteiger partial charge on any atom is 0.271 e. The molecule has 7 aromatic rings. The fourth-order valence-electron chi connectivity index (χ4n) is 6.71. The predicted molar refractivity (Wildman–Crippen MR) is 197 cm³/mol. The van der Waals surface area contributed by atoms with Gasteiger partial charge in [-0.05, 0) is 65.2 Å². The molecule has 49 heavy (non-hydrogen) atoms. The van der Waals surface area contributed by atoms with Crippen molar-refractivity contribution in [2.45, 2.75) is 19.5 Å². The minimum Gasteiger partial charge on any atom is -0.497 e. The third-order valence-corrected chi connectivity index (χ3v) is 10.0. The lowest BCUT2D eigenvalue weighted by Gasteiger charge is -2.25. The van der Waals surface area contributed by atoms with Gasteiger partial charge in [0.2, 0.25) is 0 Å². The van der Waals surface area contributed by atoms with Crippen molar-refractivity contribution in [3.05, 3.63) is 175 Å². The van der Waals surface area contributed by atoms with Gasteiger partial charge in [0.05, 0.1) is 29.0 Å². The first-order valence-electron chi connectivity index (χ1n) is 16.1. The fourth-order valence-corrected chi connectivity index (χ4v) is 7.75. The zero-order valence-electron chi connectivity index (χ0n) is 27.0. The number of thiazole rings is 1. The lowest BCUT2D eigenvalue weighted by molar-refractivity contribution is -0.113. The van der Waals surface area contributed by atoms with Gasteiger partial charge in [-0.3, -0.25) is 14.2 Å². The van der Waals surface area contributed by atoms with E-state index in [0.29, 0.717) is 38.6 Å². The maximum atomic E-state index is 14.4. The molecule has 2 aromatic heterocycles. The van der Waals surface area contributed by atoms with Crippen molar-refractivity contribution in [2.75, 3.05) is 12.4 Å². The highest BCUT2D eigenvalue weighted by atomic mass is 32.1. The van der Waals surface area contributed by atoms with Crippen LogP contribution >= 0.6 is 11.3 Å². The second kappa shape index (κ2) is 12.6. The van der Waals surface area contributed by atoms with Crippen molar-refractivity contribution >= 4 is 50.7 Å². The zero-order chi connectivity index (χ0) is 33.5. The van der Waals surface area contributed by atoms with Gasteiger partial charge in [-0.1, -0.05) is 102 Å². The molecule has 240 valence electrons. The van der Waals surface area contributed by atoms with Crippen LogP contribution in [0.25, 0.3) is 27.8 Å². The summed E-state index contributed by atoms with van der Waals surface area (Å²) in [6, 6.07) is 39.2. The van der Waals surface area contributed by atoms with Crippen molar-refractivity contribution in [1.29, 1.82) is 0 Å². The van der Waals surface area contributed by atoms with Gasteiger partial charge in [-0.2, -0.15) is 0 Å². The maximum absolute atomic E-state index is 14.4. The van der Waals surface area contributed by atoms with Gasteiger partial charge in [0.1, 0.15) is 5.75 Å². The van der Waals surface area contributed by atoms with Crippen LogP contribution in [0.3, 0.4) is 0 Å². The van der Waals surface area contributed by atoms with Crippen molar-refractivity contribution in [3.8, 4) is 5.75 Å². The molecule has 0 saturated heterocycles. The molecule has 0 bridgehead atoms. The van der Waals surface area contributed by atoms with E-state index in [1.807, 2.05) is 79.7 Å². The number of allylic oxidation sites excluding steroid dienone is 1. The van der Waals surface area contributed by atoms with Crippen LogP contribution in [0.1, 0.15) is 29.7 Å². The SMILES string of the molecule is COc1ccc([C@@H]2C(C(=O)Nc3ccccc3)=C(C)N=c3s/c(=C/c4cn(Cc5cccc6ccccc56)c5ccccc45)c(=O)n32)cc1. The molecule has 0 unspecified atom stereocenters. The molecule has 5 aromatic carbocycles. The average Bonchev–Trinajstić information content (AvgIpc) is 3.63. The number of benzene rings is 5. The number of nitrogens with one attached hydrogen (secondary N) is 1. The third-order valence-electron chi connectivity index (χ3n) is 9.06. The van der Waals surface area contributed by atoms with Crippen LogP contribution in [0.5, 0.6) is 5.75 Å². The highest BCUT2D eigenvalue weighted by Gasteiger charge is 2.32. The Morgan fingerprint density at radius 2 is 1.59 bits per heavy atom. The molecule has 8 rings (SSSR count). The topological polar surface area (TPSA) is 77.6 Å². The van der Waals surface area contributed by atoms with Crippen molar-refractivity contribution in [1.82, 2.24) is 9.13 Å². The molecule has 0 spiro atoms. The van der Waals surface area contributed by atoms with E-state index in [2.05, 4.69) is 70.7 Å². The second-order valence-corrected chi connectivity index (χ2v) is 13.1. The normalized spacial score (nSPS) is 14.6. The molecular weight excluding hydrogens is 629 g/mol. The molecule has 0 saturated carbocycles.